The van der Waals surface area contributed by atoms with Crippen molar-refractivity contribution in [2.45, 2.75) is 12.8 Å². The molecular formula is C15H18Cl2N2O2. The fraction of sp³-hybridized carbons (Fsp3) is 0.467. The molecule has 0 radical (unpaired) electrons. The highest BCUT2D eigenvalue weighted by atomic mass is 35.5. The number of benzene rings is 1. The Bertz CT molecular complexity index is 534. The van der Waals surface area contributed by atoms with E-state index in [0.717, 1.165) is 31.5 Å². The van der Waals surface area contributed by atoms with Crippen molar-refractivity contribution in [1.82, 2.24) is 4.90 Å². The third kappa shape index (κ3) is 4.70. The van der Waals surface area contributed by atoms with Crippen molar-refractivity contribution in [3.8, 4) is 0 Å². The van der Waals surface area contributed by atoms with Crippen LogP contribution < -0.4 is 0 Å². The van der Waals surface area contributed by atoms with Crippen LogP contribution in [0.2, 0.25) is 10.0 Å². The molecule has 1 aromatic carbocycles. The summed E-state index contributed by atoms with van der Waals surface area (Å²) < 4.78 is 0. The van der Waals surface area contributed by atoms with Crippen molar-refractivity contribution in [3.63, 3.8) is 0 Å². The number of carboxylic acids is 1. The molecule has 2 rings (SSSR count). The first-order valence-corrected chi connectivity index (χ1v) is 7.72. The maximum absolute atomic E-state index is 11.0. The number of aliphatic carboxylic acids is 1. The maximum atomic E-state index is 11.0. The minimum absolute atomic E-state index is 0.245. The summed E-state index contributed by atoms with van der Waals surface area (Å²) in [4.78, 5) is 17.5. The molecule has 0 spiro atoms. The van der Waals surface area contributed by atoms with Gasteiger partial charge in [-0.15, -0.1) is 0 Å². The number of carbonyl (C=O) groups is 1. The lowest BCUT2D eigenvalue weighted by atomic mass is 9.98. The quantitative estimate of drug-likeness (QED) is 0.844. The molecule has 0 bridgehead atoms. The van der Waals surface area contributed by atoms with Gasteiger partial charge in [0.1, 0.15) is 0 Å². The average Bonchev–Trinajstić information content (AvgIpc) is 2.48. The predicted octanol–water partition coefficient (Wildman–Crippen LogP) is 3.21. The molecule has 1 unspecified atom stereocenters. The van der Waals surface area contributed by atoms with Crippen molar-refractivity contribution < 1.29 is 9.90 Å². The lowest BCUT2D eigenvalue weighted by Gasteiger charge is -2.29. The van der Waals surface area contributed by atoms with Gasteiger partial charge < -0.3 is 10.0 Å². The van der Waals surface area contributed by atoms with E-state index in [1.54, 1.807) is 12.3 Å². The summed E-state index contributed by atoms with van der Waals surface area (Å²) in [6.07, 6.45) is 3.42. The maximum Gasteiger partial charge on any atom is 0.307 e. The second-order valence-corrected chi connectivity index (χ2v) is 5.94. The van der Waals surface area contributed by atoms with E-state index in [9.17, 15) is 4.79 Å². The number of halogens is 2. The number of hydrogen-bond donors (Lipinski definition) is 1. The highest BCUT2D eigenvalue weighted by molar-refractivity contribution is 6.43. The zero-order valence-corrected chi connectivity index (χ0v) is 13.1. The van der Waals surface area contributed by atoms with Crippen molar-refractivity contribution in [2.24, 2.45) is 10.9 Å². The van der Waals surface area contributed by atoms with Gasteiger partial charge in [0.05, 0.1) is 22.5 Å². The Morgan fingerprint density at radius 2 is 2.29 bits per heavy atom. The Balaban J connectivity index is 1.82. The van der Waals surface area contributed by atoms with Crippen LogP contribution in [0.5, 0.6) is 0 Å². The van der Waals surface area contributed by atoms with E-state index in [0.29, 0.717) is 23.1 Å². The lowest BCUT2D eigenvalue weighted by Crippen LogP contribution is -2.39. The van der Waals surface area contributed by atoms with E-state index in [4.69, 9.17) is 28.3 Å². The molecular weight excluding hydrogens is 311 g/mol. The van der Waals surface area contributed by atoms with Crippen LogP contribution in [0.4, 0.5) is 0 Å². The monoisotopic (exact) mass is 328 g/mol. The van der Waals surface area contributed by atoms with Gasteiger partial charge in [-0.1, -0.05) is 35.3 Å². The molecule has 1 N–H and O–H groups in total. The fourth-order valence-electron chi connectivity index (χ4n) is 2.44. The minimum Gasteiger partial charge on any atom is -0.481 e. The number of hydrogen-bond acceptors (Lipinski definition) is 3. The first kappa shape index (κ1) is 16.3. The Hall–Kier alpha value is -1.10. The summed E-state index contributed by atoms with van der Waals surface area (Å²) in [7, 11) is 0. The SMILES string of the molecule is O=C(O)C1CCCN(CCN=Cc2cccc(Cl)c2Cl)C1. The lowest BCUT2D eigenvalue weighted by molar-refractivity contribution is -0.143. The average molecular weight is 329 g/mol. The Morgan fingerprint density at radius 1 is 1.48 bits per heavy atom. The molecule has 0 aromatic heterocycles. The summed E-state index contributed by atoms with van der Waals surface area (Å²) in [5.41, 5.74) is 0.797. The number of aliphatic imine (C=N–C) groups is 1. The summed E-state index contributed by atoms with van der Waals surface area (Å²) in [6, 6.07) is 5.43. The molecule has 114 valence electrons. The van der Waals surface area contributed by atoms with Gasteiger partial charge in [0, 0.05) is 24.9 Å². The summed E-state index contributed by atoms with van der Waals surface area (Å²) in [6.45, 7) is 2.94. The van der Waals surface area contributed by atoms with E-state index in [2.05, 4.69) is 9.89 Å². The van der Waals surface area contributed by atoms with Crippen LogP contribution in [0, 0.1) is 5.92 Å². The summed E-state index contributed by atoms with van der Waals surface area (Å²) >= 11 is 12.0. The van der Waals surface area contributed by atoms with Crippen molar-refractivity contribution in [1.29, 1.82) is 0 Å². The molecule has 6 heteroatoms. The predicted molar refractivity (Wildman–Crippen MR) is 85.7 cm³/mol. The van der Waals surface area contributed by atoms with Crippen LogP contribution in [0.3, 0.4) is 0 Å². The number of carboxylic acid groups (broad SMARTS) is 1. The van der Waals surface area contributed by atoms with E-state index in [1.807, 2.05) is 12.1 Å². The van der Waals surface area contributed by atoms with Gasteiger partial charge in [-0.2, -0.15) is 0 Å². The first-order valence-electron chi connectivity index (χ1n) is 6.97. The molecule has 1 fully saturated rings. The highest BCUT2D eigenvalue weighted by Crippen LogP contribution is 2.24. The molecule has 21 heavy (non-hydrogen) atoms. The van der Waals surface area contributed by atoms with Crippen molar-refractivity contribution in [2.75, 3.05) is 26.2 Å². The highest BCUT2D eigenvalue weighted by Gasteiger charge is 2.24. The molecule has 1 aromatic rings. The van der Waals surface area contributed by atoms with Crippen LogP contribution in [0.15, 0.2) is 23.2 Å². The van der Waals surface area contributed by atoms with Crippen LogP contribution in [-0.2, 0) is 4.79 Å². The normalized spacial score (nSPS) is 20.0. The Morgan fingerprint density at radius 3 is 3.05 bits per heavy atom. The van der Waals surface area contributed by atoms with E-state index < -0.39 is 5.97 Å². The smallest absolute Gasteiger partial charge is 0.307 e. The Kier molecular flexibility index (Phi) is 6.03. The van der Waals surface area contributed by atoms with Gasteiger partial charge in [-0.25, -0.2) is 0 Å². The van der Waals surface area contributed by atoms with Crippen molar-refractivity contribution in [3.05, 3.63) is 33.8 Å². The fourth-order valence-corrected chi connectivity index (χ4v) is 2.80. The molecule has 1 heterocycles. The van der Waals surface area contributed by atoms with E-state index in [-0.39, 0.29) is 5.92 Å². The number of likely N-dealkylation sites (tertiary alicyclic amines) is 1. The largest absolute Gasteiger partial charge is 0.481 e. The molecule has 0 amide bonds. The molecule has 4 nitrogen and oxygen atoms in total. The zero-order valence-electron chi connectivity index (χ0n) is 11.6. The van der Waals surface area contributed by atoms with Gasteiger partial charge in [0.15, 0.2) is 0 Å². The van der Waals surface area contributed by atoms with E-state index >= 15 is 0 Å². The number of rotatable bonds is 5. The van der Waals surface area contributed by atoms with Gasteiger partial charge in [0.2, 0.25) is 0 Å². The standard InChI is InChI=1S/C15H18Cl2N2O2/c16-13-5-1-3-11(14(13)17)9-18-6-8-19-7-2-4-12(10-19)15(20)21/h1,3,5,9,12H,2,4,6-8,10H2,(H,20,21). The summed E-state index contributed by atoms with van der Waals surface area (Å²) in [5, 5.41) is 10.1. The van der Waals surface area contributed by atoms with Gasteiger partial charge in [-0.3, -0.25) is 9.79 Å². The second-order valence-electron chi connectivity index (χ2n) is 5.16. The first-order chi connectivity index (χ1) is 10.1. The minimum atomic E-state index is -0.700. The number of piperidine rings is 1. The molecule has 0 aliphatic carbocycles. The van der Waals surface area contributed by atoms with Gasteiger partial charge in [0.25, 0.3) is 0 Å². The molecule has 1 atom stereocenters. The molecule has 1 aliphatic heterocycles. The van der Waals surface area contributed by atoms with Crippen LogP contribution in [-0.4, -0.2) is 48.4 Å². The third-order valence-electron chi connectivity index (χ3n) is 3.61. The number of nitrogens with zero attached hydrogens (tertiary/aromatic N) is 2. The van der Waals surface area contributed by atoms with Crippen molar-refractivity contribution >= 4 is 35.4 Å². The molecule has 1 saturated heterocycles. The topological polar surface area (TPSA) is 52.9 Å². The van der Waals surface area contributed by atoms with Gasteiger partial charge in [-0.05, 0) is 25.5 Å². The van der Waals surface area contributed by atoms with Crippen LogP contribution >= 0.6 is 23.2 Å². The van der Waals surface area contributed by atoms with Gasteiger partial charge >= 0.3 is 5.97 Å². The Labute approximate surface area is 134 Å². The third-order valence-corrected chi connectivity index (χ3v) is 4.45. The van der Waals surface area contributed by atoms with Crippen LogP contribution in [0.25, 0.3) is 0 Å². The second kappa shape index (κ2) is 7.78. The van der Waals surface area contributed by atoms with E-state index in [1.165, 1.54) is 0 Å². The summed E-state index contributed by atoms with van der Waals surface area (Å²) in [5.74, 6) is -0.945. The van der Waals surface area contributed by atoms with Crippen LogP contribution in [0.1, 0.15) is 18.4 Å². The molecule has 0 saturated carbocycles. The zero-order chi connectivity index (χ0) is 15.2. The molecule has 1 aliphatic rings.